The Labute approximate surface area is 130 Å². The second-order valence-electron chi connectivity index (χ2n) is 4.51. The maximum Gasteiger partial charge on any atom is 0.123 e. The Hall–Kier alpha value is -1.78. The predicted octanol–water partition coefficient (Wildman–Crippen LogP) is 3.36. The van der Waals surface area contributed by atoms with Gasteiger partial charge in [0.25, 0.3) is 0 Å². The van der Waals surface area contributed by atoms with Gasteiger partial charge >= 0.3 is 0 Å². The summed E-state index contributed by atoms with van der Waals surface area (Å²) in [5.41, 5.74) is 1.04. The highest BCUT2D eigenvalue weighted by molar-refractivity contribution is 6.30. The molecule has 112 valence electrons. The molecule has 0 aliphatic carbocycles. The Morgan fingerprint density at radius 2 is 2.19 bits per heavy atom. The van der Waals surface area contributed by atoms with Gasteiger partial charge in [-0.1, -0.05) is 17.7 Å². The van der Waals surface area contributed by atoms with E-state index in [4.69, 9.17) is 21.1 Å². The topological polar surface area (TPSA) is 36.3 Å². The lowest BCUT2D eigenvalue weighted by atomic mass is 10.1. The van der Waals surface area contributed by atoms with Crippen LogP contribution in [-0.2, 0) is 17.7 Å². The van der Waals surface area contributed by atoms with Gasteiger partial charge < -0.3 is 14.0 Å². The lowest BCUT2D eigenvalue weighted by molar-refractivity contribution is 0.0941. The number of nitrogens with zero attached hydrogens (tertiary/aromatic N) is 2. The lowest BCUT2D eigenvalue weighted by Crippen LogP contribution is -2.11. The van der Waals surface area contributed by atoms with Gasteiger partial charge in [-0.15, -0.1) is 6.58 Å². The lowest BCUT2D eigenvalue weighted by Gasteiger charge is -2.11. The molecule has 0 fully saturated rings. The highest BCUT2D eigenvalue weighted by Crippen LogP contribution is 2.23. The standard InChI is InChI=1S/C16H19ClN2O2/c1-2-3-14-12-15(17)4-5-16(14)21-11-10-20-9-8-19-7-6-18-13-19/h2,4-7,12-13H,1,3,8-11H2. The smallest absolute Gasteiger partial charge is 0.123 e. The summed E-state index contributed by atoms with van der Waals surface area (Å²) in [6, 6.07) is 5.61. The Morgan fingerprint density at radius 3 is 2.95 bits per heavy atom. The van der Waals surface area contributed by atoms with Crippen LogP contribution in [0.25, 0.3) is 0 Å². The summed E-state index contributed by atoms with van der Waals surface area (Å²) in [5, 5.41) is 0.704. The third-order valence-electron chi connectivity index (χ3n) is 2.93. The summed E-state index contributed by atoms with van der Waals surface area (Å²) in [6.45, 7) is 6.23. The van der Waals surface area contributed by atoms with E-state index < -0.39 is 0 Å². The van der Waals surface area contributed by atoms with Gasteiger partial charge in [-0.05, 0) is 30.2 Å². The van der Waals surface area contributed by atoms with Crippen molar-refractivity contribution < 1.29 is 9.47 Å². The van der Waals surface area contributed by atoms with Crippen molar-refractivity contribution >= 4 is 11.6 Å². The monoisotopic (exact) mass is 306 g/mol. The Bertz CT molecular complexity index is 555. The third kappa shape index (κ3) is 5.25. The fourth-order valence-corrected chi connectivity index (χ4v) is 2.10. The molecule has 1 aromatic heterocycles. The molecule has 0 aliphatic rings. The van der Waals surface area contributed by atoms with Crippen LogP contribution in [0.3, 0.4) is 0 Å². The van der Waals surface area contributed by atoms with Gasteiger partial charge in [-0.2, -0.15) is 0 Å². The molecule has 0 bridgehead atoms. The minimum Gasteiger partial charge on any atom is -0.491 e. The molecule has 0 unspecified atom stereocenters. The highest BCUT2D eigenvalue weighted by Gasteiger charge is 2.03. The van der Waals surface area contributed by atoms with E-state index in [9.17, 15) is 0 Å². The molecule has 21 heavy (non-hydrogen) atoms. The number of aromatic nitrogens is 2. The normalized spacial score (nSPS) is 10.5. The van der Waals surface area contributed by atoms with Gasteiger partial charge in [0.1, 0.15) is 12.4 Å². The number of allylic oxidation sites excluding steroid dienone is 1. The number of hydrogen-bond acceptors (Lipinski definition) is 3. The van der Waals surface area contributed by atoms with Gasteiger partial charge in [-0.25, -0.2) is 4.98 Å². The number of benzene rings is 1. The summed E-state index contributed by atoms with van der Waals surface area (Å²) >= 11 is 5.98. The zero-order valence-electron chi connectivity index (χ0n) is 11.9. The molecule has 0 radical (unpaired) electrons. The molecule has 0 N–H and O–H groups in total. The fourth-order valence-electron chi connectivity index (χ4n) is 1.91. The quantitative estimate of drug-likeness (QED) is 0.526. The number of imidazole rings is 1. The van der Waals surface area contributed by atoms with E-state index in [2.05, 4.69) is 11.6 Å². The average molecular weight is 307 g/mol. The number of rotatable bonds is 9. The van der Waals surface area contributed by atoms with E-state index in [0.29, 0.717) is 24.8 Å². The number of hydrogen-bond donors (Lipinski definition) is 0. The van der Waals surface area contributed by atoms with Crippen molar-refractivity contribution in [2.45, 2.75) is 13.0 Å². The molecule has 1 heterocycles. The first-order valence-electron chi connectivity index (χ1n) is 6.85. The summed E-state index contributed by atoms with van der Waals surface area (Å²) in [6.07, 6.45) is 8.01. The van der Waals surface area contributed by atoms with Gasteiger partial charge in [0.15, 0.2) is 0 Å². The molecule has 2 aromatic rings. The first-order valence-corrected chi connectivity index (χ1v) is 7.23. The van der Waals surface area contributed by atoms with E-state index in [1.165, 1.54) is 0 Å². The molecule has 0 atom stereocenters. The minimum absolute atomic E-state index is 0.510. The molecule has 4 nitrogen and oxygen atoms in total. The van der Waals surface area contributed by atoms with Crippen molar-refractivity contribution in [2.75, 3.05) is 19.8 Å². The zero-order chi connectivity index (χ0) is 14.9. The zero-order valence-corrected chi connectivity index (χ0v) is 12.6. The minimum atomic E-state index is 0.510. The second kappa shape index (κ2) is 8.49. The van der Waals surface area contributed by atoms with Gasteiger partial charge in [0.05, 0.1) is 19.5 Å². The van der Waals surface area contributed by atoms with E-state index in [1.54, 1.807) is 12.5 Å². The third-order valence-corrected chi connectivity index (χ3v) is 3.16. The number of halogens is 1. The van der Waals surface area contributed by atoms with Crippen LogP contribution in [-0.4, -0.2) is 29.4 Å². The van der Waals surface area contributed by atoms with Crippen molar-refractivity contribution in [3.63, 3.8) is 0 Å². The summed E-state index contributed by atoms with van der Waals surface area (Å²) in [7, 11) is 0. The SMILES string of the molecule is C=CCc1cc(Cl)ccc1OCCOCCn1ccnc1. The molecular weight excluding hydrogens is 288 g/mol. The van der Waals surface area contributed by atoms with E-state index in [1.807, 2.05) is 35.0 Å². The van der Waals surface area contributed by atoms with Crippen molar-refractivity contribution in [1.29, 1.82) is 0 Å². The Kier molecular flexibility index (Phi) is 6.31. The molecule has 0 amide bonds. The van der Waals surface area contributed by atoms with Crippen LogP contribution >= 0.6 is 11.6 Å². The highest BCUT2D eigenvalue weighted by atomic mass is 35.5. The van der Waals surface area contributed by atoms with Crippen LogP contribution in [0.5, 0.6) is 5.75 Å². The summed E-state index contributed by atoms with van der Waals surface area (Å²) in [5.74, 6) is 0.831. The van der Waals surface area contributed by atoms with Gasteiger partial charge in [-0.3, -0.25) is 0 Å². The van der Waals surface area contributed by atoms with Gasteiger partial charge in [0.2, 0.25) is 0 Å². The first kappa shape index (κ1) is 15.6. The average Bonchev–Trinajstić information content (AvgIpc) is 2.98. The fraction of sp³-hybridized carbons (Fsp3) is 0.312. The van der Waals surface area contributed by atoms with E-state index in [-0.39, 0.29) is 0 Å². The maximum atomic E-state index is 5.98. The molecule has 0 aliphatic heterocycles. The van der Waals surface area contributed by atoms with Crippen LogP contribution < -0.4 is 4.74 Å². The van der Waals surface area contributed by atoms with Crippen LogP contribution in [0.4, 0.5) is 0 Å². The van der Waals surface area contributed by atoms with Crippen LogP contribution in [0.2, 0.25) is 5.02 Å². The molecule has 1 aromatic carbocycles. The molecule has 2 rings (SSSR count). The van der Waals surface area contributed by atoms with Crippen LogP contribution in [0.15, 0.2) is 49.6 Å². The van der Waals surface area contributed by atoms with Crippen molar-refractivity contribution in [1.82, 2.24) is 9.55 Å². The summed E-state index contributed by atoms with van der Waals surface area (Å²) in [4.78, 5) is 3.98. The van der Waals surface area contributed by atoms with Crippen LogP contribution in [0, 0.1) is 0 Å². The largest absolute Gasteiger partial charge is 0.491 e. The summed E-state index contributed by atoms with van der Waals surface area (Å²) < 4.78 is 13.2. The first-order chi connectivity index (χ1) is 10.3. The Balaban J connectivity index is 1.69. The van der Waals surface area contributed by atoms with Gasteiger partial charge in [0, 0.05) is 24.0 Å². The maximum absolute atomic E-state index is 5.98. The van der Waals surface area contributed by atoms with Crippen LogP contribution in [0.1, 0.15) is 5.56 Å². The molecule has 0 saturated carbocycles. The van der Waals surface area contributed by atoms with Crippen molar-refractivity contribution in [3.8, 4) is 5.75 Å². The van der Waals surface area contributed by atoms with Crippen molar-refractivity contribution in [3.05, 3.63) is 60.2 Å². The number of ether oxygens (including phenoxy) is 2. The van der Waals surface area contributed by atoms with E-state index >= 15 is 0 Å². The molecule has 0 saturated heterocycles. The second-order valence-corrected chi connectivity index (χ2v) is 4.94. The Morgan fingerprint density at radius 1 is 1.29 bits per heavy atom. The molecular formula is C16H19ClN2O2. The predicted molar refractivity (Wildman–Crippen MR) is 83.9 cm³/mol. The van der Waals surface area contributed by atoms with E-state index in [0.717, 1.165) is 24.3 Å². The van der Waals surface area contributed by atoms with Crippen molar-refractivity contribution in [2.24, 2.45) is 0 Å². The molecule has 5 heteroatoms. The molecule has 0 spiro atoms.